The van der Waals surface area contributed by atoms with Crippen LogP contribution >= 0.6 is 0 Å². The van der Waals surface area contributed by atoms with Gasteiger partial charge in [-0.2, -0.15) is 13.2 Å². The summed E-state index contributed by atoms with van der Waals surface area (Å²) in [4.78, 5) is 23.1. The van der Waals surface area contributed by atoms with Gasteiger partial charge in [0.05, 0.1) is 17.4 Å². The van der Waals surface area contributed by atoms with Gasteiger partial charge >= 0.3 is 12.1 Å². The van der Waals surface area contributed by atoms with Gasteiger partial charge in [0.25, 0.3) is 0 Å². The van der Waals surface area contributed by atoms with Gasteiger partial charge in [0.15, 0.2) is 0 Å². The zero-order chi connectivity index (χ0) is 18.9. The van der Waals surface area contributed by atoms with Crippen LogP contribution in [-0.2, 0) is 25.9 Å². The molecule has 142 valence electrons. The summed E-state index contributed by atoms with van der Waals surface area (Å²) < 4.78 is 44.5. The second kappa shape index (κ2) is 6.90. The van der Waals surface area contributed by atoms with Gasteiger partial charge in [-0.25, -0.2) is 0 Å². The third kappa shape index (κ3) is 3.85. The largest absolute Gasteiger partial charge is 0.481 e. The van der Waals surface area contributed by atoms with E-state index < -0.39 is 35.0 Å². The SMILES string of the molecule is O=C(NCC1(c2cccc(C(F)(F)F)c2)CCOCC1)[C@H]1C[C@H]1C(=O)O. The van der Waals surface area contributed by atoms with Crippen LogP contribution in [0.4, 0.5) is 13.2 Å². The molecule has 0 radical (unpaired) electrons. The average Bonchev–Trinajstić information content (AvgIpc) is 3.41. The number of hydrogen-bond donors (Lipinski definition) is 2. The first kappa shape index (κ1) is 18.7. The Morgan fingerprint density at radius 2 is 1.92 bits per heavy atom. The Morgan fingerprint density at radius 1 is 1.23 bits per heavy atom. The third-order valence-electron chi connectivity index (χ3n) is 5.30. The van der Waals surface area contributed by atoms with Crippen molar-refractivity contribution in [2.45, 2.75) is 30.9 Å². The molecule has 1 aromatic carbocycles. The first-order chi connectivity index (χ1) is 12.2. The van der Waals surface area contributed by atoms with Gasteiger partial charge < -0.3 is 15.2 Å². The fourth-order valence-electron chi connectivity index (χ4n) is 3.50. The number of carbonyl (C=O) groups is 2. The van der Waals surface area contributed by atoms with Gasteiger partial charge in [-0.05, 0) is 30.9 Å². The maximum Gasteiger partial charge on any atom is 0.416 e. The van der Waals surface area contributed by atoms with Gasteiger partial charge in [0, 0.05) is 25.2 Å². The topological polar surface area (TPSA) is 75.6 Å². The standard InChI is InChI=1S/C18H20F3NO4/c19-18(20,21)12-3-1-2-11(8-12)17(4-6-26-7-5-17)10-22-15(23)13-9-14(13)16(24)25/h1-3,8,13-14H,4-7,9-10H2,(H,22,23)(H,24,25)/t13-,14+/m0/s1. The summed E-state index contributed by atoms with van der Waals surface area (Å²) >= 11 is 0. The van der Waals surface area contributed by atoms with Gasteiger partial charge in [-0.15, -0.1) is 0 Å². The summed E-state index contributed by atoms with van der Waals surface area (Å²) in [5.41, 5.74) is -0.857. The van der Waals surface area contributed by atoms with Crippen molar-refractivity contribution in [3.63, 3.8) is 0 Å². The van der Waals surface area contributed by atoms with Crippen molar-refractivity contribution in [3.05, 3.63) is 35.4 Å². The molecule has 5 nitrogen and oxygen atoms in total. The smallest absolute Gasteiger partial charge is 0.416 e. The number of carboxylic acid groups (broad SMARTS) is 1. The minimum absolute atomic E-state index is 0.166. The highest BCUT2D eigenvalue weighted by Crippen LogP contribution is 2.40. The van der Waals surface area contributed by atoms with E-state index in [1.807, 2.05) is 0 Å². The number of hydrogen-bond acceptors (Lipinski definition) is 3. The predicted octanol–water partition coefficient (Wildman–Crippen LogP) is 2.59. The molecule has 26 heavy (non-hydrogen) atoms. The van der Waals surface area contributed by atoms with Crippen LogP contribution in [0.2, 0.25) is 0 Å². The minimum atomic E-state index is -4.44. The van der Waals surface area contributed by atoms with Crippen molar-refractivity contribution in [1.82, 2.24) is 5.32 Å². The van der Waals surface area contributed by atoms with Gasteiger partial charge in [-0.1, -0.05) is 18.2 Å². The lowest BCUT2D eigenvalue weighted by Crippen LogP contribution is -2.45. The predicted molar refractivity (Wildman–Crippen MR) is 85.4 cm³/mol. The quantitative estimate of drug-likeness (QED) is 0.834. The maximum absolute atomic E-state index is 13.1. The number of aliphatic carboxylic acids is 1. The average molecular weight is 371 g/mol. The molecule has 1 saturated carbocycles. The summed E-state index contributed by atoms with van der Waals surface area (Å²) in [6.07, 6.45) is -3.15. The van der Waals surface area contributed by atoms with Crippen LogP contribution in [0.3, 0.4) is 0 Å². The van der Waals surface area contributed by atoms with Crippen molar-refractivity contribution in [2.24, 2.45) is 11.8 Å². The zero-order valence-electron chi connectivity index (χ0n) is 14.0. The Bertz CT molecular complexity index is 698. The summed E-state index contributed by atoms with van der Waals surface area (Å²) in [6, 6.07) is 5.17. The van der Waals surface area contributed by atoms with Gasteiger partial charge in [0.2, 0.25) is 5.91 Å². The minimum Gasteiger partial charge on any atom is -0.481 e. The van der Waals surface area contributed by atoms with Crippen molar-refractivity contribution in [1.29, 1.82) is 0 Å². The lowest BCUT2D eigenvalue weighted by atomic mass is 9.73. The van der Waals surface area contributed by atoms with Crippen molar-refractivity contribution in [3.8, 4) is 0 Å². The van der Waals surface area contributed by atoms with E-state index in [0.29, 0.717) is 38.0 Å². The van der Waals surface area contributed by atoms with Crippen LogP contribution in [0.15, 0.2) is 24.3 Å². The van der Waals surface area contributed by atoms with Crippen LogP contribution in [0.5, 0.6) is 0 Å². The third-order valence-corrected chi connectivity index (χ3v) is 5.30. The highest BCUT2D eigenvalue weighted by molar-refractivity contribution is 5.89. The molecule has 2 atom stereocenters. The van der Waals surface area contributed by atoms with E-state index in [4.69, 9.17) is 9.84 Å². The van der Waals surface area contributed by atoms with E-state index in [1.54, 1.807) is 6.07 Å². The number of ether oxygens (including phenoxy) is 1. The Balaban J connectivity index is 1.77. The van der Waals surface area contributed by atoms with Crippen molar-refractivity contribution in [2.75, 3.05) is 19.8 Å². The molecule has 2 N–H and O–H groups in total. The number of alkyl halides is 3. The molecule has 1 aliphatic carbocycles. The van der Waals surface area contributed by atoms with Crippen molar-refractivity contribution >= 4 is 11.9 Å². The fraction of sp³-hybridized carbons (Fsp3) is 0.556. The number of carboxylic acids is 1. The zero-order valence-corrected chi connectivity index (χ0v) is 14.0. The molecule has 1 saturated heterocycles. The van der Waals surface area contributed by atoms with Crippen LogP contribution in [0.1, 0.15) is 30.4 Å². The first-order valence-corrected chi connectivity index (χ1v) is 8.49. The Labute approximate surface area is 148 Å². The number of nitrogens with one attached hydrogen (secondary N) is 1. The molecule has 1 aliphatic heterocycles. The maximum atomic E-state index is 13.1. The molecule has 2 fully saturated rings. The van der Waals surface area contributed by atoms with E-state index in [-0.39, 0.29) is 12.5 Å². The number of halogens is 3. The molecule has 0 unspecified atom stereocenters. The molecule has 1 aromatic rings. The fourth-order valence-corrected chi connectivity index (χ4v) is 3.50. The summed E-state index contributed by atoms with van der Waals surface area (Å²) in [5, 5.41) is 11.7. The lowest BCUT2D eigenvalue weighted by molar-refractivity contribution is -0.140. The second-order valence-electron chi connectivity index (χ2n) is 6.98. The molecule has 3 rings (SSSR count). The summed E-state index contributed by atoms with van der Waals surface area (Å²) in [7, 11) is 0. The van der Waals surface area contributed by atoms with E-state index in [0.717, 1.165) is 12.1 Å². The van der Waals surface area contributed by atoms with E-state index in [1.165, 1.54) is 6.07 Å². The molecule has 0 spiro atoms. The molecular weight excluding hydrogens is 351 g/mol. The highest BCUT2D eigenvalue weighted by atomic mass is 19.4. The number of benzene rings is 1. The molecule has 2 aliphatic rings. The monoisotopic (exact) mass is 371 g/mol. The van der Waals surface area contributed by atoms with Crippen LogP contribution in [0, 0.1) is 11.8 Å². The van der Waals surface area contributed by atoms with E-state index in [9.17, 15) is 22.8 Å². The molecule has 8 heteroatoms. The number of rotatable bonds is 5. The molecular formula is C18H20F3NO4. The van der Waals surface area contributed by atoms with Crippen LogP contribution in [0.25, 0.3) is 0 Å². The molecule has 0 bridgehead atoms. The Kier molecular flexibility index (Phi) is 4.96. The Morgan fingerprint density at radius 3 is 2.50 bits per heavy atom. The van der Waals surface area contributed by atoms with E-state index in [2.05, 4.69) is 5.32 Å². The molecule has 1 heterocycles. The molecule has 1 amide bonds. The first-order valence-electron chi connectivity index (χ1n) is 8.49. The molecule has 0 aromatic heterocycles. The van der Waals surface area contributed by atoms with Crippen LogP contribution < -0.4 is 5.32 Å². The van der Waals surface area contributed by atoms with Crippen LogP contribution in [-0.4, -0.2) is 36.7 Å². The number of carbonyl (C=O) groups excluding carboxylic acids is 1. The normalized spacial score (nSPS) is 24.7. The van der Waals surface area contributed by atoms with Gasteiger partial charge in [0.1, 0.15) is 0 Å². The van der Waals surface area contributed by atoms with Gasteiger partial charge in [-0.3, -0.25) is 9.59 Å². The van der Waals surface area contributed by atoms with Crippen molar-refractivity contribution < 1.29 is 32.6 Å². The highest BCUT2D eigenvalue weighted by Gasteiger charge is 2.49. The summed E-state index contributed by atoms with van der Waals surface area (Å²) in [5.74, 6) is -2.56. The number of amides is 1. The second-order valence-corrected chi connectivity index (χ2v) is 6.98. The summed E-state index contributed by atoms with van der Waals surface area (Å²) in [6.45, 7) is 0.958. The lowest BCUT2D eigenvalue weighted by Gasteiger charge is -2.38. The van der Waals surface area contributed by atoms with E-state index >= 15 is 0 Å². The Hall–Kier alpha value is -2.09.